The van der Waals surface area contributed by atoms with Crippen molar-refractivity contribution >= 4 is 35.0 Å². The Bertz CT molecular complexity index is 808. The van der Waals surface area contributed by atoms with Crippen molar-refractivity contribution in [3.8, 4) is 5.75 Å². The maximum Gasteiger partial charge on any atom is 0.261 e. The molecule has 0 bridgehead atoms. The lowest BCUT2D eigenvalue weighted by atomic mass is 10.1. The highest BCUT2D eigenvalue weighted by Crippen LogP contribution is 2.17. The van der Waals surface area contributed by atoms with E-state index in [1.54, 1.807) is 43.3 Å². The summed E-state index contributed by atoms with van der Waals surface area (Å²) in [7, 11) is 0. The fourth-order valence-corrected chi connectivity index (χ4v) is 2.83. The number of carbonyl (C=O) groups is 2. The number of nitrogens with one attached hydrogen (secondary N) is 1. The van der Waals surface area contributed by atoms with Gasteiger partial charge in [-0.25, -0.2) is 0 Å². The molecule has 1 unspecified atom stereocenters. The zero-order valence-electron chi connectivity index (χ0n) is 16.8. The maximum atomic E-state index is 12.9. The predicted octanol–water partition coefficient (Wildman–Crippen LogP) is 4.56. The first-order valence-corrected chi connectivity index (χ1v) is 10.2. The van der Waals surface area contributed by atoms with Crippen LogP contribution in [-0.2, 0) is 16.1 Å². The van der Waals surface area contributed by atoms with Crippen LogP contribution in [0.5, 0.6) is 5.75 Å². The molecule has 0 saturated heterocycles. The lowest BCUT2D eigenvalue weighted by molar-refractivity contribution is -0.142. The van der Waals surface area contributed by atoms with Crippen LogP contribution in [0.1, 0.15) is 26.3 Å². The Labute approximate surface area is 181 Å². The number of halogens is 2. The van der Waals surface area contributed by atoms with Gasteiger partial charge in [0.2, 0.25) is 5.91 Å². The molecule has 0 heterocycles. The first-order valence-electron chi connectivity index (χ1n) is 9.46. The monoisotopic (exact) mass is 436 g/mol. The highest BCUT2D eigenvalue weighted by molar-refractivity contribution is 6.30. The molecular weight excluding hydrogens is 411 g/mol. The number of nitrogens with zero attached hydrogens (tertiary/aromatic N) is 1. The molecule has 2 aromatic carbocycles. The van der Waals surface area contributed by atoms with Crippen LogP contribution in [0.2, 0.25) is 10.0 Å². The van der Waals surface area contributed by atoms with E-state index in [4.69, 9.17) is 27.9 Å². The lowest BCUT2D eigenvalue weighted by Gasteiger charge is -2.29. The van der Waals surface area contributed by atoms with E-state index < -0.39 is 6.04 Å². The van der Waals surface area contributed by atoms with Gasteiger partial charge in [-0.2, -0.15) is 0 Å². The number of carbonyl (C=O) groups excluding carboxylic acids is 2. The van der Waals surface area contributed by atoms with Crippen LogP contribution in [0.3, 0.4) is 0 Å². The zero-order valence-corrected chi connectivity index (χ0v) is 18.3. The molecule has 0 fully saturated rings. The minimum atomic E-state index is -0.647. The van der Waals surface area contributed by atoms with Crippen molar-refractivity contribution in [3.63, 3.8) is 0 Å². The van der Waals surface area contributed by atoms with Crippen LogP contribution >= 0.6 is 23.2 Å². The highest BCUT2D eigenvalue weighted by Gasteiger charge is 2.26. The number of rotatable bonds is 9. The molecule has 1 N–H and O–H groups in total. The Morgan fingerprint density at radius 1 is 0.966 bits per heavy atom. The molecule has 0 spiro atoms. The third-order valence-corrected chi connectivity index (χ3v) is 4.80. The van der Waals surface area contributed by atoms with E-state index in [-0.39, 0.29) is 25.0 Å². The van der Waals surface area contributed by atoms with Crippen LogP contribution in [0.25, 0.3) is 0 Å². The van der Waals surface area contributed by atoms with E-state index >= 15 is 0 Å². The largest absolute Gasteiger partial charge is 0.484 e. The second kappa shape index (κ2) is 11.1. The van der Waals surface area contributed by atoms with Crippen molar-refractivity contribution in [3.05, 3.63) is 64.1 Å². The molecule has 5 nitrogen and oxygen atoms in total. The summed E-state index contributed by atoms with van der Waals surface area (Å²) in [5.41, 5.74) is 0.873. The molecule has 29 heavy (non-hydrogen) atoms. The van der Waals surface area contributed by atoms with E-state index in [1.165, 1.54) is 4.90 Å². The van der Waals surface area contributed by atoms with Gasteiger partial charge in [-0.1, -0.05) is 49.2 Å². The van der Waals surface area contributed by atoms with Gasteiger partial charge in [0.25, 0.3) is 5.91 Å². The van der Waals surface area contributed by atoms with E-state index in [2.05, 4.69) is 5.32 Å². The van der Waals surface area contributed by atoms with E-state index in [9.17, 15) is 9.59 Å². The molecule has 0 radical (unpaired) electrons. The number of ether oxygens (including phenoxy) is 1. The van der Waals surface area contributed by atoms with Crippen molar-refractivity contribution in [1.82, 2.24) is 10.2 Å². The van der Waals surface area contributed by atoms with Gasteiger partial charge >= 0.3 is 0 Å². The second-order valence-corrected chi connectivity index (χ2v) is 8.08. The molecule has 0 aliphatic heterocycles. The molecule has 7 heteroatoms. The topological polar surface area (TPSA) is 58.6 Å². The summed E-state index contributed by atoms with van der Waals surface area (Å²) in [4.78, 5) is 27.0. The van der Waals surface area contributed by atoms with Gasteiger partial charge in [0, 0.05) is 23.1 Å². The van der Waals surface area contributed by atoms with E-state index in [1.807, 2.05) is 26.0 Å². The van der Waals surface area contributed by atoms with Crippen molar-refractivity contribution in [2.75, 3.05) is 13.2 Å². The predicted molar refractivity (Wildman–Crippen MR) is 116 cm³/mol. The molecule has 0 aliphatic rings. The van der Waals surface area contributed by atoms with Crippen LogP contribution in [-0.4, -0.2) is 35.9 Å². The first-order chi connectivity index (χ1) is 13.8. The summed E-state index contributed by atoms with van der Waals surface area (Å²) in [6.07, 6.45) is 0. The van der Waals surface area contributed by atoms with Crippen LogP contribution in [0.15, 0.2) is 48.5 Å². The molecule has 0 aliphatic carbocycles. The van der Waals surface area contributed by atoms with Gasteiger partial charge in [-0.3, -0.25) is 9.59 Å². The molecule has 2 rings (SSSR count). The minimum Gasteiger partial charge on any atom is -0.484 e. The normalized spacial score (nSPS) is 11.8. The minimum absolute atomic E-state index is 0.184. The zero-order chi connectivity index (χ0) is 21.4. The number of amides is 2. The first kappa shape index (κ1) is 23.0. The van der Waals surface area contributed by atoms with Gasteiger partial charge in [-0.15, -0.1) is 0 Å². The van der Waals surface area contributed by atoms with Crippen molar-refractivity contribution in [2.45, 2.75) is 33.4 Å². The van der Waals surface area contributed by atoms with Gasteiger partial charge in [0.1, 0.15) is 11.8 Å². The summed E-state index contributed by atoms with van der Waals surface area (Å²) in [6.45, 7) is 6.38. The molecular formula is C22H26Cl2N2O3. The maximum absolute atomic E-state index is 12.9. The van der Waals surface area contributed by atoms with Gasteiger partial charge in [-0.05, 0) is 54.8 Å². The van der Waals surface area contributed by atoms with E-state index in [0.29, 0.717) is 28.3 Å². The third-order valence-electron chi connectivity index (χ3n) is 4.29. The van der Waals surface area contributed by atoms with Crippen molar-refractivity contribution < 1.29 is 14.3 Å². The second-order valence-electron chi connectivity index (χ2n) is 7.21. The van der Waals surface area contributed by atoms with Gasteiger partial charge < -0.3 is 15.0 Å². The average Bonchev–Trinajstić information content (AvgIpc) is 2.70. The molecule has 156 valence electrons. The molecule has 1 atom stereocenters. The van der Waals surface area contributed by atoms with Crippen LogP contribution in [0, 0.1) is 5.92 Å². The number of hydrogen-bond acceptors (Lipinski definition) is 3. The lowest BCUT2D eigenvalue weighted by Crippen LogP contribution is -2.49. The number of hydrogen-bond donors (Lipinski definition) is 1. The Kier molecular flexibility index (Phi) is 8.80. The summed E-state index contributed by atoms with van der Waals surface area (Å²) >= 11 is 11.8. The Morgan fingerprint density at radius 2 is 1.52 bits per heavy atom. The van der Waals surface area contributed by atoms with Gasteiger partial charge in [0.05, 0.1) is 0 Å². The highest BCUT2D eigenvalue weighted by atomic mass is 35.5. The summed E-state index contributed by atoms with van der Waals surface area (Å²) < 4.78 is 5.59. The Balaban J connectivity index is 2.10. The fraction of sp³-hybridized carbons (Fsp3) is 0.364. The third kappa shape index (κ3) is 7.59. The smallest absolute Gasteiger partial charge is 0.261 e. The molecule has 2 aromatic rings. The van der Waals surface area contributed by atoms with E-state index in [0.717, 1.165) is 5.56 Å². The van der Waals surface area contributed by atoms with Gasteiger partial charge in [0.15, 0.2) is 6.61 Å². The fourth-order valence-electron chi connectivity index (χ4n) is 2.58. The summed E-state index contributed by atoms with van der Waals surface area (Å²) in [6, 6.07) is 13.3. The molecule has 0 saturated carbocycles. The number of benzene rings is 2. The quantitative estimate of drug-likeness (QED) is 0.626. The Hall–Kier alpha value is -2.24. The summed E-state index contributed by atoms with van der Waals surface area (Å²) in [5, 5.41) is 4.08. The van der Waals surface area contributed by atoms with Crippen molar-refractivity contribution in [2.24, 2.45) is 5.92 Å². The molecule has 2 amide bonds. The van der Waals surface area contributed by atoms with Crippen molar-refractivity contribution in [1.29, 1.82) is 0 Å². The Morgan fingerprint density at radius 3 is 2.07 bits per heavy atom. The summed E-state index contributed by atoms with van der Waals surface area (Å²) in [5.74, 6) is 0.362. The van der Waals surface area contributed by atoms with Crippen LogP contribution in [0.4, 0.5) is 0 Å². The molecule has 0 aromatic heterocycles. The average molecular weight is 437 g/mol. The van der Waals surface area contributed by atoms with Crippen LogP contribution < -0.4 is 10.1 Å². The standard InChI is InChI=1S/C22H26Cl2N2O3/c1-15(2)12-25-22(28)16(3)26(13-17-4-6-18(23)7-5-17)21(27)14-29-20-10-8-19(24)9-11-20/h4-11,15-16H,12-14H2,1-3H3,(H,25,28). The SMILES string of the molecule is CC(C)CNC(=O)C(C)N(Cc1ccc(Cl)cc1)C(=O)COc1ccc(Cl)cc1.